The molecule has 0 aliphatic carbocycles. The number of nitrogens with one attached hydrogen (secondary N) is 1. The Bertz CT molecular complexity index is 547. The maximum Gasteiger partial charge on any atom is 0.205 e. The predicted molar refractivity (Wildman–Crippen MR) is 83.9 cm³/mol. The van der Waals surface area contributed by atoms with Crippen molar-refractivity contribution in [3.05, 3.63) is 40.7 Å². The molecule has 1 aromatic heterocycles. The fourth-order valence-electron chi connectivity index (χ4n) is 2.27. The third-order valence-corrected chi connectivity index (χ3v) is 4.41. The van der Waals surface area contributed by atoms with Crippen LogP contribution in [0.15, 0.2) is 24.3 Å². The van der Waals surface area contributed by atoms with E-state index in [9.17, 15) is 0 Å². The Hall–Kier alpha value is -1.17. The Morgan fingerprint density at radius 1 is 1.20 bits per heavy atom. The largest absolute Gasteiger partial charge is 0.346 e. The molecule has 1 N–H and O–H groups in total. The van der Waals surface area contributed by atoms with Gasteiger partial charge in [-0.2, -0.15) is 4.37 Å². The minimum atomic E-state index is 0.762. The Labute approximate surface area is 128 Å². The van der Waals surface area contributed by atoms with Crippen molar-refractivity contribution >= 4 is 28.3 Å². The molecule has 6 heteroatoms. The number of nitrogens with zero attached hydrogens (tertiary/aromatic N) is 3. The monoisotopic (exact) mass is 308 g/mol. The van der Waals surface area contributed by atoms with E-state index in [1.165, 1.54) is 17.1 Å². The first-order chi connectivity index (χ1) is 9.81. The molecule has 0 amide bonds. The summed E-state index contributed by atoms with van der Waals surface area (Å²) in [4.78, 5) is 6.99. The molecule has 0 bridgehead atoms. The number of hydrogen-bond acceptors (Lipinski definition) is 5. The van der Waals surface area contributed by atoms with E-state index in [1.807, 2.05) is 24.3 Å². The average molecular weight is 309 g/mol. The van der Waals surface area contributed by atoms with Gasteiger partial charge in [0.15, 0.2) is 0 Å². The van der Waals surface area contributed by atoms with E-state index in [0.29, 0.717) is 0 Å². The van der Waals surface area contributed by atoms with Gasteiger partial charge in [-0.25, -0.2) is 4.98 Å². The lowest BCUT2D eigenvalue weighted by molar-refractivity contribution is 0.724. The molecule has 2 aromatic rings. The van der Waals surface area contributed by atoms with Gasteiger partial charge in [-0.3, -0.25) is 0 Å². The maximum absolute atomic E-state index is 5.89. The van der Waals surface area contributed by atoms with E-state index in [2.05, 4.69) is 19.6 Å². The summed E-state index contributed by atoms with van der Waals surface area (Å²) in [5.74, 6) is 0.893. The topological polar surface area (TPSA) is 41.1 Å². The van der Waals surface area contributed by atoms with Crippen molar-refractivity contribution in [2.75, 3.05) is 31.1 Å². The Kier molecular flexibility index (Phi) is 4.50. The van der Waals surface area contributed by atoms with Crippen LogP contribution in [-0.4, -0.2) is 35.5 Å². The first-order valence-electron chi connectivity index (χ1n) is 6.84. The predicted octanol–water partition coefficient (Wildman–Crippen LogP) is 2.58. The van der Waals surface area contributed by atoms with Crippen LogP contribution >= 0.6 is 23.1 Å². The zero-order valence-electron chi connectivity index (χ0n) is 11.2. The normalized spacial score (nSPS) is 16.1. The van der Waals surface area contributed by atoms with Crippen LogP contribution in [0.4, 0.5) is 5.13 Å². The Balaban J connectivity index is 1.68. The van der Waals surface area contributed by atoms with Crippen molar-refractivity contribution in [1.82, 2.24) is 14.7 Å². The van der Waals surface area contributed by atoms with Crippen molar-refractivity contribution in [3.63, 3.8) is 0 Å². The summed E-state index contributed by atoms with van der Waals surface area (Å²) >= 11 is 7.39. The van der Waals surface area contributed by atoms with E-state index in [0.717, 1.165) is 55.0 Å². The fourth-order valence-corrected chi connectivity index (χ4v) is 3.13. The molecular weight excluding hydrogens is 292 g/mol. The van der Waals surface area contributed by atoms with Gasteiger partial charge in [0.2, 0.25) is 5.13 Å². The molecular formula is C14H17ClN4S. The van der Waals surface area contributed by atoms with Crippen LogP contribution in [0.1, 0.15) is 17.8 Å². The molecule has 0 unspecified atom stereocenters. The van der Waals surface area contributed by atoms with Crippen LogP contribution in [0, 0.1) is 0 Å². The van der Waals surface area contributed by atoms with E-state index in [4.69, 9.17) is 11.6 Å². The van der Waals surface area contributed by atoms with Crippen molar-refractivity contribution in [3.8, 4) is 0 Å². The first-order valence-corrected chi connectivity index (χ1v) is 7.99. The molecule has 106 valence electrons. The van der Waals surface area contributed by atoms with Gasteiger partial charge in [-0.1, -0.05) is 23.7 Å². The van der Waals surface area contributed by atoms with E-state index >= 15 is 0 Å². The van der Waals surface area contributed by atoms with Gasteiger partial charge in [-0.15, -0.1) is 0 Å². The molecule has 3 rings (SSSR count). The number of benzene rings is 1. The molecule has 1 aromatic carbocycles. The molecule has 2 heterocycles. The lowest BCUT2D eigenvalue weighted by Crippen LogP contribution is -2.27. The highest BCUT2D eigenvalue weighted by atomic mass is 35.5. The van der Waals surface area contributed by atoms with E-state index in [-0.39, 0.29) is 0 Å². The van der Waals surface area contributed by atoms with Crippen molar-refractivity contribution in [1.29, 1.82) is 0 Å². The van der Waals surface area contributed by atoms with Crippen LogP contribution in [0.25, 0.3) is 0 Å². The highest BCUT2D eigenvalue weighted by molar-refractivity contribution is 7.09. The molecule has 4 nitrogen and oxygen atoms in total. The summed E-state index contributed by atoms with van der Waals surface area (Å²) in [5.41, 5.74) is 1.19. The summed E-state index contributed by atoms with van der Waals surface area (Å²) in [6.45, 7) is 4.18. The first kappa shape index (κ1) is 13.8. The number of aromatic nitrogens is 2. The second kappa shape index (κ2) is 6.52. The summed E-state index contributed by atoms with van der Waals surface area (Å²) in [6, 6.07) is 7.87. The highest BCUT2D eigenvalue weighted by Gasteiger charge is 2.14. The molecule has 1 aliphatic rings. The number of halogens is 1. The average Bonchev–Trinajstić information content (AvgIpc) is 2.74. The minimum Gasteiger partial charge on any atom is -0.346 e. The Morgan fingerprint density at radius 3 is 2.90 bits per heavy atom. The van der Waals surface area contributed by atoms with Gasteiger partial charge in [0.1, 0.15) is 5.82 Å². The van der Waals surface area contributed by atoms with Gasteiger partial charge in [0.25, 0.3) is 0 Å². The summed E-state index contributed by atoms with van der Waals surface area (Å²) < 4.78 is 4.48. The van der Waals surface area contributed by atoms with Crippen LogP contribution in [-0.2, 0) is 6.42 Å². The van der Waals surface area contributed by atoms with E-state index in [1.54, 1.807) is 0 Å². The van der Waals surface area contributed by atoms with Gasteiger partial charge in [-0.05, 0) is 30.7 Å². The molecule has 0 saturated carbocycles. The number of rotatable bonds is 3. The molecule has 1 saturated heterocycles. The molecule has 0 spiro atoms. The standard InChI is InChI=1S/C14H17ClN4S/c15-12-4-2-11(3-5-12)10-13-17-14(20-18-13)19-8-1-6-16-7-9-19/h2-5,16H,1,6-10H2. The molecule has 1 aliphatic heterocycles. The number of hydrogen-bond donors (Lipinski definition) is 1. The van der Waals surface area contributed by atoms with Crippen LogP contribution in [0.3, 0.4) is 0 Å². The fraction of sp³-hybridized carbons (Fsp3) is 0.429. The van der Waals surface area contributed by atoms with Gasteiger partial charge < -0.3 is 10.2 Å². The second-order valence-corrected chi connectivity index (χ2v) is 6.05. The SMILES string of the molecule is Clc1ccc(Cc2nsc(N3CCCNCC3)n2)cc1. The zero-order valence-corrected chi connectivity index (χ0v) is 12.8. The van der Waals surface area contributed by atoms with Crippen LogP contribution in [0.2, 0.25) is 5.02 Å². The van der Waals surface area contributed by atoms with E-state index < -0.39 is 0 Å². The number of anilines is 1. The quantitative estimate of drug-likeness (QED) is 0.946. The minimum absolute atomic E-state index is 0.762. The van der Waals surface area contributed by atoms with Crippen molar-refractivity contribution in [2.24, 2.45) is 0 Å². The van der Waals surface area contributed by atoms with Crippen molar-refractivity contribution in [2.45, 2.75) is 12.8 Å². The maximum atomic E-state index is 5.89. The molecule has 20 heavy (non-hydrogen) atoms. The van der Waals surface area contributed by atoms with Crippen LogP contribution in [0.5, 0.6) is 0 Å². The third kappa shape index (κ3) is 3.48. The molecule has 0 radical (unpaired) electrons. The van der Waals surface area contributed by atoms with Crippen molar-refractivity contribution < 1.29 is 0 Å². The lowest BCUT2D eigenvalue weighted by Gasteiger charge is -2.17. The zero-order chi connectivity index (χ0) is 13.8. The van der Waals surface area contributed by atoms with Gasteiger partial charge in [0, 0.05) is 42.6 Å². The Morgan fingerprint density at radius 2 is 2.05 bits per heavy atom. The van der Waals surface area contributed by atoms with Gasteiger partial charge >= 0.3 is 0 Å². The second-order valence-electron chi connectivity index (χ2n) is 4.89. The smallest absolute Gasteiger partial charge is 0.205 e. The lowest BCUT2D eigenvalue weighted by atomic mass is 10.1. The third-order valence-electron chi connectivity index (χ3n) is 3.34. The molecule has 0 atom stereocenters. The summed E-state index contributed by atoms with van der Waals surface area (Å²) in [7, 11) is 0. The van der Waals surface area contributed by atoms with Gasteiger partial charge in [0.05, 0.1) is 0 Å². The molecule has 1 fully saturated rings. The summed E-state index contributed by atoms with van der Waals surface area (Å²) in [5, 5.41) is 5.20. The summed E-state index contributed by atoms with van der Waals surface area (Å²) in [6.07, 6.45) is 1.92. The van der Waals surface area contributed by atoms with Crippen LogP contribution < -0.4 is 10.2 Å². The highest BCUT2D eigenvalue weighted by Crippen LogP contribution is 2.20.